The topological polar surface area (TPSA) is 90.7 Å². The summed E-state index contributed by atoms with van der Waals surface area (Å²) in [5, 5.41) is 0. The molecule has 0 saturated heterocycles. The fourth-order valence-electron chi connectivity index (χ4n) is 2.20. The molecule has 0 aliphatic carbocycles. The van der Waals surface area contributed by atoms with Crippen molar-refractivity contribution in [2.75, 3.05) is 13.2 Å². The van der Waals surface area contributed by atoms with Gasteiger partial charge in [-0.2, -0.15) is 0 Å². The van der Waals surface area contributed by atoms with Gasteiger partial charge in [0.2, 0.25) is 0 Å². The van der Waals surface area contributed by atoms with E-state index in [0.717, 1.165) is 0 Å². The van der Waals surface area contributed by atoms with Crippen LogP contribution < -0.4 is 20.7 Å². The Morgan fingerprint density at radius 3 is 2.14 bits per heavy atom. The van der Waals surface area contributed by atoms with Crippen LogP contribution in [0.3, 0.4) is 0 Å². The summed E-state index contributed by atoms with van der Waals surface area (Å²) in [5.74, 6) is 15.9. The number of benzene rings is 2. The Bertz CT molecular complexity index is 1030. The molecule has 0 radical (unpaired) electrons. The third-order valence-corrected chi connectivity index (χ3v) is 3.47. The average molecular weight is 372 g/mol. The van der Waals surface area contributed by atoms with Gasteiger partial charge in [0.05, 0.1) is 11.1 Å². The highest BCUT2D eigenvalue weighted by molar-refractivity contribution is 5.96. The lowest BCUT2D eigenvalue weighted by Gasteiger charge is -2.09. The maximum absolute atomic E-state index is 11.8. The normalized spacial score (nSPS) is 9.11. The molecule has 0 fully saturated rings. The minimum absolute atomic E-state index is 0.00916. The van der Waals surface area contributed by atoms with Crippen molar-refractivity contribution < 1.29 is 19.1 Å². The summed E-state index contributed by atoms with van der Waals surface area (Å²) in [6.45, 7) is 0.0308. The molecule has 0 aromatic heterocycles. The van der Waals surface area contributed by atoms with Crippen LogP contribution in [0.5, 0.6) is 11.5 Å². The number of aldehydes is 1. The predicted molar refractivity (Wildman–Crippen MR) is 105 cm³/mol. The molecule has 0 saturated carbocycles. The maximum atomic E-state index is 11.8. The van der Waals surface area contributed by atoms with Gasteiger partial charge in [-0.25, -0.2) is 5.84 Å². The molecule has 138 valence electrons. The molecular weight excluding hydrogens is 356 g/mol. The predicted octanol–water partition coefficient (Wildman–Crippen LogP) is 1.53. The summed E-state index contributed by atoms with van der Waals surface area (Å²) >= 11 is 0. The Kier molecular flexibility index (Phi) is 7.25. The first-order valence-corrected chi connectivity index (χ1v) is 8.01. The molecule has 0 aliphatic rings. The number of hydrogen-bond donors (Lipinski definition) is 2. The van der Waals surface area contributed by atoms with Crippen molar-refractivity contribution >= 4 is 12.2 Å². The quantitative estimate of drug-likeness (QED) is 0.264. The van der Waals surface area contributed by atoms with Crippen LogP contribution in [-0.4, -0.2) is 25.4 Å². The molecule has 6 nitrogen and oxygen atoms in total. The van der Waals surface area contributed by atoms with Gasteiger partial charge in [0.25, 0.3) is 5.91 Å². The highest BCUT2D eigenvalue weighted by Crippen LogP contribution is 2.21. The van der Waals surface area contributed by atoms with Gasteiger partial charge in [-0.1, -0.05) is 23.7 Å². The fourth-order valence-corrected chi connectivity index (χ4v) is 2.20. The van der Waals surface area contributed by atoms with Crippen LogP contribution in [0, 0.1) is 36.5 Å². The van der Waals surface area contributed by atoms with Crippen LogP contribution in [0.1, 0.15) is 31.8 Å². The zero-order valence-corrected chi connectivity index (χ0v) is 14.8. The standard InChI is InChI=1S/C22H16N2O4/c1-3-11-27-20-13-16(7-9-18(20)15-25)5-6-17-8-10-19(22(26)24-23)21(14-17)28-12-4-2/h1-2,7-10,13-15H,11-12,23H2,(H,24,26). The number of terminal acetylenes is 2. The summed E-state index contributed by atoms with van der Waals surface area (Å²) in [4.78, 5) is 22.9. The van der Waals surface area contributed by atoms with Crippen molar-refractivity contribution in [1.29, 1.82) is 0 Å². The van der Waals surface area contributed by atoms with Gasteiger partial charge in [0, 0.05) is 11.1 Å². The minimum atomic E-state index is -0.508. The number of nitrogens with one attached hydrogen (secondary N) is 1. The Balaban J connectivity index is 2.35. The van der Waals surface area contributed by atoms with E-state index >= 15 is 0 Å². The number of amides is 1. The first-order valence-electron chi connectivity index (χ1n) is 8.01. The highest BCUT2D eigenvalue weighted by Gasteiger charge is 2.12. The largest absolute Gasteiger partial charge is 0.480 e. The van der Waals surface area contributed by atoms with E-state index in [4.69, 9.17) is 28.2 Å². The lowest BCUT2D eigenvalue weighted by molar-refractivity contribution is 0.0950. The number of ether oxygens (including phenoxy) is 2. The molecule has 2 aromatic carbocycles. The molecule has 0 aliphatic heterocycles. The molecule has 6 heteroatoms. The second-order valence-electron chi connectivity index (χ2n) is 5.29. The van der Waals surface area contributed by atoms with Crippen molar-refractivity contribution in [3.63, 3.8) is 0 Å². The summed E-state index contributed by atoms with van der Waals surface area (Å²) in [5.41, 5.74) is 3.87. The van der Waals surface area contributed by atoms with Gasteiger partial charge in [-0.15, -0.1) is 12.8 Å². The zero-order valence-electron chi connectivity index (χ0n) is 14.8. The van der Waals surface area contributed by atoms with E-state index in [2.05, 4.69) is 23.7 Å². The van der Waals surface area contributed by atoms with E-state index in [0.29, 0.717) is 28.7 Å². The second-order valence-corrected chi connectivity index (χ2v) is 5.29. The number of nitrogens with two attached hydrogens (primary N) is 1. The van der Waals surface area contributed by atoms with Crippen molar-refractivity contribution in [2.24, 2.45) is 5.84 Å². The van der Waals surface area contributed by atoms with Gasteiger partial charge in [0.1, 0.15) is 24.7 Å². The van der Waals surface area contributed by atoms with Crippen LogP contribution in [-0.2, 0) is 0 Å². The van der Waals surface area contributed by atoms with E-state index in [-0.39, 0.29) is 24.5 Å². The van der Waals surface area contributed by atoms with Crippen LogP contribution in [0.15, 0.2) is 36.4 Å². The van der Waals surface area contributed by atoms with E-state index in [1.807, 2.05) is 5.43 Å². The summed E-state index contributed by atoms with van der Waals surface area (Å²) in [6, 6.07) is 9.68. The van der Waals surface area contributed by atoms with Crippen LogP contribution in [0.4, 0.5) is 0 Å². The second kappa shape index (κ2) is 10.1. The first kappa shape index (κ1) is 20.1. The summed E-state index contributed by atoms with van der Waals surface area (Å²) in [6.07, 6.45) is 11.1. The molecular formula is C22H16N2O4. The number of nitrogen functional groups attached to an aromatic ring is 1. The number of carbonyl (C=O) groups is 2. The Labute approximate surface area is 163 Å². The van der Waals surface area contributed by atoms with E-state index in [9.17, 15) is 9.59 Å². The van der Waals surface area contributed by atoms with Gasteiger partial charge in [-0.3, -0.25) is 15.0 Å². The maximum Gasteiger partial charge on any atom is 0.268 e. The average Bonchev–Trinajstić information content (AvgIpc) is 2.74. The van der Waals surface area contributed by atoms with Crippen molar-refractivity contribution in [3.8, 4) is 48.0 Å². The number of hydrazine groups is 1. The minimum Gasteiger partial charge on any atom is -0.480 e. The molecule has 0 atom stereocenters. The van der Waals surface area contributed by atoms with Crippen molar-refractivity contribution in [2.45, 2.75) is 0 Å². The lowest BCUT2D eigenvalue weighted by Crippen LogP contribution is -2.30. The third kappa shape index (κ3) is 5.16. The summed E-state index contributed by atoms with van der Waals surface area (Å²) < 4.78 is 10.8. The van der Waals surface area contributed by atoms with Gasteiger partial charge in [0.15, 0.2) is 6.29 Å². The van der Waals surface area contributed by atoms with Crippen LogP contribution >= 0.6 is 0 Å². The van der Waals surface area contributed by atoms with Gasteiger partial charge in [-0.05, 0) is 36.4 Å². The molecule has 28 heavy (non-hydrogen) atoms. The smallest absolute Gasteiger partial charge is 0.268 e. The number of rotatable bonds is 6. The Morgan fingerprint density at radius 2 is 1.57 bits per heavy atom. The molecule has 0 spiro atoms. The van der Waals surface area contributed by atoms with Crippen LogP contribution in [0.25, 0.3) is 0 Å². The first-order chi connectivity index (χ1) is 13.6. The molecule has 0 unspecified atom stereocenters. The molecule has 3 N–H and O–H groups in total. The van der Waals surface area contributed by atoms with Crippen LogP contribution in [0.2, 0.25) is 0 Å². The molecule has 0 heterocycles. The molecule has 0 bridgehead atoms. The fraction of sp³-hybridized carbons (Fsp3) is 0.0909. The van der Waals surface area contributed by atoms with E-state index < -0.39 is 5.91 Å². The summed E-state index contributed by atoms with van der Waals surface area (Å²) in [7, 11) is 0. The highest BCUT2D eigenvalue weighted by atomic mass is 16.5. The van der Waals surface area contributed by atoms with Gasteiger partial charge < -0.3 is 9.47 Å². The Morgan fingerprint density at radius 1 is 1.00 bits per heavy atom. The number of carbonyl (C=O) groups excluding carboxylic acids is 2. The molecule has 2 rings (SSSR count). The SMILES string of the molecule is C#CCOc1cc(C#Cc2ccc(C(=O)NN)c(OCC#C)c2)ccc1C=O. The molecule has 1 amide bonds. The van der Waals surface area contributed by atoms with Crippen molar-refractivity contribution in [3.05, 3.63) is 58.7 Å². The lowest BCUT2D eigenvalue weighted by atomic mass is 10.1. The van der Waals surface area contributed by atoms with Crippen molar-refractivity contribution in [1.82, 2.24) is 5.43 Å². The molecule has 2 aromatic rings. The van der Waals surface area contributed by atoms with E-state index in [1.165, 1.54) is 6.07 Å². The third-order valence-electron chi connectivity index (χ3n) is 3.47. The van der Waals surface area contributed by atoms with E-state index in [1.54, 1.807) is 30.3 Å². The number of hydrogen-bond acceptors (Lipinski definition) is 5. The van der Waals surface area contributed by atoms with Gasteiger partial charge >= 0.3 is 0 Å². The zero-order chi connectivity index (χ0) is 20.4. The monoisotopic (exact) mass is 372 g/mol. The Hall–Kier alpha value is -4.18.